The summed E-state index contributed by atoms with van der Waals surface area (Å²) in [6, 6.07) is 4.15. The van der Waals surface area contributed by atoms with Crippen molar-refractivity contribution in [3.05, 3.63) is 39.9 Å². The summed E-state index contributed by atoms with van der Waals surface area (Å²) in [6.45, 7) is 4.85. The first-order valence-corrected chi connectivity index (χ1v) is 7.90. The van der Waals surface area contributed by atoms with E-state index in [0.717, 1.165) is 6.08 Å². The molecule has 130 valence electrons. The van der Waals surface area contributed by atoms with Crippen LogP contribution < -0.4 is 10.6 Å². The summed E-state index contributed by atoms with van der Waals surface area (Å²) in [4.78, 5) is 34.9. The summed E-state index contributed by atoms with van der Waals surface area (Å²) in [7, 11) is 0. The van der Waals surface area contributed by atoms with E-state index >= 15 is 0 Å². The molecule has 0 bridgehead atoms. The molecular formula is C16H18Cl2N2O4. The number of hydrogen-bond donors (Lipinski definition) is 2. The molecule has 0 heterocycles. The highest BCUT2D eigenvalue weighted by molar-refractivity contribution is 6.37. The molecule has 3 amide bonds. The van der Waals surface area contributed by atoms with Crippen LogP contribution in [-0.4, -0.2) is 30.1 Å². The van der Waals surface area contributed by atoms with Crippen LogP contribution in [0.3, 0.4) is 0 Å². The molecule has 6 nitrogen and oxygen atoms in total. The lowest BCUT2D eigenvalue weighted by Crippen LogP contribution is -2.46. The largest absolute Gasteiger partial charge is 0.449 e. The molecule has 24 heavy (non-hydrogen) atoms. The molecule has 0 unspecified atom stereocenters. The summed E-state index contributed by atoms with van der Waals surface area (Å²) in [5.41, 5.74) is 0.464. The minimum absolute atomic E-state index is 0.126. The Bertz CT molecular complexity index is 639. The molecule has 1 aromatic carbocycles. The van der Waals surface area contributed by atoms with Crippen molar-refractivity contribution in [1.29, 1.82) is 0 Å². The molecule has 0 radical (unpaired) electrons. The van der Waals surface area contributed by atoms with Gasteiger partial charge in [0.25, 0.3) is 5.91 Å². The van der Waals surface area contributed by atoms with E-state index in [-0.39, 0.29) is 6.04 Å². The molecule has 8 heteroatoms. The van der Waals surface area contributed by atoms with Crippen LogP contribution >= 0.6 is 23.2 Å². The van der Waals surface area contributed by atoms with Crippen molar-refractivity contribution >= 4 is 47.2 Å². The van der Waals surface area contributed by atoms with Gasteiger partial charge in [0.05, 0.1) is 0 Å². The Hall–Kier alpha value is -2.05. The number of esters is 1. The van der Waals surface area contributed by atoms with Crippen LogP contribution in [0, 0.1) is 0 Å². The first kappa shape index (κ1) is 20.0. The Balaban J connectivity index is 2.59. The molecule has 0 aliphatic rings. The monoisotopic (exact) mass is 372 g/mol. The Morgan fingerprint density at radius 2 is 1.71 bits per heavy atom. The molecule has 1 rings (SSSR count). The maximum Gasteiger partial charge on any atom is 0.331 e. The highest BCUT2D eigenvalue weighted by Gasteiger charge is 2.19. The van der Waals surface area contributed by atoms with Gasteiger partial charge in [0.1, 0.15) is 0 Å². The Kier molecular flexibility index (Phi) is 7.74. The van der Waals surface area contributed by atoms with Crippen molar-refractivity contribution in [3.63, 3.8) is 0 Å². The Morgan fingerprint density at radius 3 is 2.25 bits per heavy atom. The van der Waals surface area contributed by atoms with Gasteiger partial charge in [0, 0.05) is 27.7 Å². The van der Waals surface area contributed by atoms with E-state index < -0.39 is 24.0 Å². The number of rotatable bonds is 5. The third-order valence-electron chi connectivity index (χ3n) is 2.70. The lowest BCUT2D eigenvalue weighted by Gasteiger charge is -2.13. The average Bonchev–Trinajstić information content (AvgIpc) is 2.45. The number of nitrogens with one attached hydrogen (secondary N) is 2. The molecule has 0 saturated carbocycles. The number of carbonyl (C=O) groups excluding carboxylic acids is 3. The summed E-state index contributed by atoms with van der Waals surface area (Å²) >= 11 is 11.9. The SMILES string of the molecule is CC(C)NC(=O)NC(=O)[C@@H](C)OC(=O)/C=C/c1c(Cl)cccc1Cl. The van der Waals surface area contributed by atoms with Crippen LogP contribution in [-0.2, 0) is 14.3 Å². The molecule has 0 fully saturated rings. The highest BCUT2D eigenvalue weighted by Crippen LogP contribution is 2.25. The van der Waals surface area contributed by atoms with Gasteiger partial charge in [-0.15, -0.1) is 0 Å². The summed E-state index contributed by atoms with van der Waals surface area (Å²) in [5, 5.41) is 5.32. The zero-order chi connectivity index (χ0) is 18.3. The maximum absolute atomic E-state index is 11.7. The molecule has 0 saturated heterocycles. The van der Waals surface area contributed by atoms with Crippen LogP contribution in [0.25, 0.3) is 6.08 Å². The van der Waals surface area contributed by atoms with Gasteiger partial charge in [-0.2, -0.15) is 0 Å². The number of hydrogen-bond acceptors (Lipinski definition) is 4. The van der Waals surface area contributed by atoms with Crippen LogP contribution in [0.4, 0.5) is 4.79 Å². The molecule has 0 aliphatic carbocycles. The zero-order valence-corrected chi connectivity index (χ0v) is 14.9. The summed E-state index contributed by atoms with van der Waals surface area (Å²) < 4.78 is 4.92. The number of urea groups is 1. The molecule has 1 atom stereocenters. The normalized spacial score (nSPS) is 12.1. The van der Waals surface area contributed by atoms with Crippen molar-refractivity contribution in [2.75, 3.05) is 0 Å². The van der Waals surface area contributed by atoms with Gasteiger partial charge in [0.15, 0.2) is 6.10 Å². The van der Waals surface area contributed by atoms with Gasteiger partial charge in [0.2, 0.25) is 0 Å². The van der Waals surface area contributed by atoms with Gasteiger partial charge in [-0.3, -0.25) is 10.1 Å². The Morgan fingerprint density at radius 1 is 1.12 bits per heavy atom. The quantitative estimate of drug-likeness (QED) is 0.613. The van der Waals surface area contributed by atoms with E-state index in [2.05, 4.69) is 10.6 Å². The molecule has 2 N–H and O–H groups in total. The predicted molar refractivity (Wildman–Crippen MR) is 92.9 cm³/mol. The van der Waals surface area contributed by atoms with E-state index in [9.17, 15) is 14.4 Å². The number of halogens is 2. The van der Waals surface area contributed by atoms with Crippen molar-refractivity contribution in [3.8, 4) is 0 Å². The number of ether oxygens (including phenoxy) is 1. The standard InChI is InChI=1S/C16H18Cl2N2O4/c1-9(2)19-16(23)20-15(22)10(3)24-14(21)8-7-11-12(17)5-4-6-13(11)18/h4-10H,1-3H3,(H2,19,20,22,23)/b8-7+/t10-/m1/s1. The molecule has 0 aromatic heterocycles. The first-order chi connectivity index (χ1) is 11.2. The number of carbonyl (C=O) groups is 3. The predicted octanol–water partition coefficient (Wildman–Crippen LogP) is 3.17. The van der Waals surface area contributed by atoms with Crippen molar-refractivity contribution in [1.82, 2.24) is 10.6 Å². The first-order valence-electron chi connectivity index (χ1n) is 7.14. The third-order valence-corrected chi connectivity index (χ3v) is 3.36. The minimum atomic E-state index is -1.14. The fourth-order valence-corrected chi connectivity index (χ4v) is 2.12. The Labute approximate surface area is 150 Å². The molecule has 0 aliphatic heterocycles. The summed E-state index contributed by atoms with van der Waals surface area (Å²) in [6.07, 6.45) is 1.36. The smallest absolute Gasteiger partial charge is 0.331 e. The van der Waals surface area contributed by atoms with Gasteiger partial charge in [-0.25, -0.2) is 9.59 Å². The fraction of sp³-hybridized carbons (Fsp3) is 0.312. The maximum atomic E-state index is 11.7. The molecule has 0 spiro atoms. The molecular weight excluding hydrogens is 355 g/mol. The molecule has 1 aromatic rings. The van der Waals surface area contributed by atoms with E-state index in [0.29, 0.717) is 15.6 Å². The van der Waals surface area contributed by atoms with Crippen molar-refractivity contribution < 1.29 is 19.1 Å². The lowest BCUT2D eigenvalue weighted by atomic mass is 10.2. The highest BCUT2D eigenvalue weighted by atomic mass is 35.5. The van der Waals surface area contributed by atoms with E-state index in [4.69, 9.17) is 27.9 Å². The van der Waals surface area contributed by atoms with Gasteiger partial charge in [-0.1, -0.05) is 29.3 Å². The topological polar surface area (TPSA) is 84.5 Å². The van der Waals surface area contributed by atoms with Crippen LogP contribution in [0.2, 0.25) is 10.0 Å². The van der Waals surface area contributed by atoms with E-state index in [1.54, 1.807) is 32.0 Å². The summed E-state index contributed by atoms with van der Waals surface area (Å²) in [5.74, 6) is -1.50. The van der Waals surface area contributed by atoms with Crippen molar-refractivity contribution in [2.45, 2.75) is 32.9 Å². The van der Waals surface area contributed by atoms with Gasteiger partial charge in [-0.05, 0) is 39.0 Å². The number of benzene rings is 1. The van der Waals surface area contributed by atoms with Gasteiger partial charge >= 0.3 is 12.0 Å². The third kappa shape index (κ3) is 6.60. The lowest BCUT2D eigenvalue weighted by molar-refractivity contribution is -0.149. The van der Waals surface area contributed by atoms with Gasteiger partial charge < -0.3 is 10.1 Å². The second kappa shape index (κ2) is 9.30. The van der Waals surface area contributed by atoms with E-state index in [1.807, 2.05) is 0 Å². The number of amides is 3. The van der Waals surface area contributed by atoms with Crippen LogP contribution in [0.15, 0.2) is 24.3 Å². The van der Waals surface area contributed by atoms with Crippen molar-refractivity contribution in [2.24, 2.45) is 0 Å². The number of imide groups is 1. The van der Waals surface area contributed by atoms with E-state index in [1.165, 1.54) is 13.0 Å². The fourth-order valence-electron chi connectivity index (χ4n) is 1.60. The second-order valence-corrected chi connectivity index (χ2v) is 5.98. The second-order valence-electron chi connectivity index (χ2n) is 5.17. The zero-order valence-electron chi connectivity index (χ0n) is 13.4. The van der Waals surface area contributed by atoms with Crippen LogP contribution in [0.1, 0.15) is 26.3 Å². The average molecular weight is 373 g/mol. The minimum Gasteiger partial charge on any atom is -0.449 e. The van der Waals surface area contributed by atoms with Crippen LogP contribution in [0.5, 0.6) is 0 Å².